The van der Waals surface area contributed by atoms with Crippen molar-refractivity contribution in [3.05, 3.63) is 437 Å². The molecule has 0 spiro atoms. The van der Waals surface area contributed by atoms with Crippen LogP contribution in [0.4, 0.5) is 0 Å². The van der Waals surface area contributed by atoms with Crippen molar-refractivity contribution in [1.29, 1.82) is 0 Å². The highest BCUT2D eigenvalue weighted by atomic mass is 16.3. The Morgan fingerprint density at radius 2 is 0.287 bits per heavy atom. The minimum Gasteiger partial charge on any atom is -0.456 e. The van der Waals surface area contributed by atoms with Crippen LogP contribution in [0.15, 0.2) is 446 Å². The van der Waals surface area contributed by atoms with E-state index in [1.54, 1.807) is 0 Å². The quantitative estimate of drug-likeness (QED) is 0.0992. The number of hydrogen-bond donors (Lipinski definition) is 0. The zero-order chi connectivity index (χ0) is 80.8. The average molecular weight is 1560 g/mol. The Bertz CT molecular complexity index is 7740. The van der Waals surface area contributed by atoms with Crippen molar-refractivity contribution in [1.82, 2.24) is 29.9 Å². The van der Waals surface area contributed by atoms with Crippen LogP contribution in [0.2, 0.25) is 0 Å². The van der Waals surface area contributed by atoms with Gasteiger partial charge >= 0.3 is 0 Å². The predicted molar refractivity (Wildman–Crippen MR) is 503 cm³/mol. The lowest BCUT2D eigenvalue weighted by molar-refractivity contribution is 0.669. The van der Waals surface area contributed by atoms with Crippen LogP contribution in [-0.4, -0.2) is 29.9 Å². The highest BCUT2D eigenvalue weighted by Gasteiger charge is 2.20. The van der Waals surface area contributed by atoms with Crippen LogP contribution in [0, 0.1) is 0 Å². The Labute approximate surface area is 704 Å². The number of fused-ring (bicyclic) bond motifs is 12. The van der Waals surface area contributed by atoms with Crippen LogP contribution < -0.4 is 0 Å². The van der Waals surface area contributed by atoms with E-state index in [1.807, 2.05) is 103 Å². The third-order valence-corrected chi connectivity index (χ3v) is 23.2. The van der Waals surface area contributed by atoms with Crippen LogP contribution in [0.5, 0.6) is 0 Å². The van der Waals surface area contributed by atoms with Crippen LogP contribution >= 0.6 is 0 Å². The Kier molecular flexibility index (Phi) is 18.4. The Balaban J connectivity index is 0.000000146. The fraction of sp³-hybridized carbons (Fsp3) is 0. The molecule has 0 bridgehead atoms. The van der Waals surface area contributed by atoms with Crippen molar-refractivity contribution in [3.8, 4) is 157 Å². The maximum atomic E-state index is 6.63. The van der Waals surface area contributed by atoms with Crippen molar-refractivity contribution in [3.63, 3.8) is 0 Å². The highest BCUT2D eigenvalue weighted by Crippen LogP contribution is 2.43. The summed E-state index contributed by atoms with van der Waals surface area (Å²) in [7, 11) is 0. The molecule has 0 aliphatic carbocycles. The van der Waals surface area contributed by atoms with Gasteiger partial charge in [0.15, 0.2) is 34.9 Å². The van der Waals surface area contributed by atoms with Crippen molar-refractivity contribution in [2.75, 3.05) is 0 Å². The van der Waals surface area contributed by atoms with Gasteiger partial charge in [-0.05, 0) is 206 Å². The van der Waals surface area contributed by atoms with E-state index in [9.17, 15) is 0 Å². The van der Waals surface area contributed by atoms with Crippen LogP contribution in [-0.2, 0) is 0 Å². The second-order valence-electron chi connectivity index (χ2n) is 30.8. The first-order valence-electron chi connectivity index (χ1n) is 41.1. The average Bonchev–Trinajstić information content (AvgIpc) is 1.02. The maximum Gasteiger partial charge on any atom is 0.164 e. The molecule has 0 aliphatic heterocycles. The molecule has 4 aromatic heterocycles. The van der Waals surface area contributed by atoms with Crippen LogP contribution in [0.3, 0.4) is 0 Å². The maximum absolute atomic E-state index is 6.63. The molecule has 0 saturated carbocycles. The molecule has 8 nitrogen and oxygen atoms in total. The van der Waals surface area contributed by atoms with E-state index in [-0.39, 0.29) is 0 Å². The van der Waals surface area contributed by atoms with Crippen molar-refractivity contribution in [2.45, 2.75) is 0 Å². The molecule has 8 heteroatoms. The number of hydrogen-bond acceptors (Lipinski definition) is 8. The molecule has 4 heterocycles. The third kappa shape index (κ3) is 14.0. The number of nitrogens with zero attached hydrogens (tertiary/aromatic N) is 6. The van der Waals surface area contributed by atoms with Gasteiger partial charge < -0.3 is 8.83 Å². The lowest BCUT2D eigenvalue weighted by Gasteiger charge is -2.12. The van der Waals surface area contributed by atoms with Gasteiger partial charge in [0.05, 0.1) is 0 Å². The van der Waals surface area contributed by atoms with Gasteiger partial charge in [0, 0.05) is 54.9 Å². The lowest BCUT2D eigenvalue weighted by Crippen LogP contribution is -2.00. The molecule has 0 radical (unpaired) electrons. The SMILES string of the molecule is c1ccc(-c2ccc(-c3nc(-c4ccccc4)nc(-c4ccc5c(c4)oc4cc(-c6cccc(-c7cc(-c8ccccc8)cc(-c8ccccc8)c7)c6)ccc45)n3)cc2)cc1.c1ccc(-c2nc(-c3ccccc3)nc(-c3ccc(-c4ccc5c(c4)oc4cc(-c6cccc(-c7ccc8c9ccccc9c9ccccc9c8c7)c6)ccc45)cc3)n2)cc1. The zero-order valence-electron chi connectivity index (χ0n) is 66.1. The standard InChI is InChI=1S/C57H35N3O.C57H37N3O/c1-3-12-37(13-4-1)55-58-56(38-14-5-2-6-15-38)60-57(59-55)39-24-22-36(23-25-39)43-27-30-50-51-31-28-44(35-54(51)61-53(50)34-43)41-17-11-16-40(32-41)42-26-29-49-47-20-8-7-18-45(47)46-19-9-10-21-48(46)52(49)33-42;1-5-14-38(15-6-1)41-24-26-43(27-25-41)56-58-55(42-20-11-4-12-21-42)59-57(60-56)47-29-31-52-51-30-28-46(36-53(51)61-54(52)37-47)44-22-13-23-45(32-44)50-34-48(39-16-7-2-8-17-39)33-49(35-50)40-18-9-3-10-19-40/h1-35H;1-37H. The fourth-order valence-corrected chi connectivity index (χ4v) is 17.0. The number of furan rings is 2. The molecule has 0 N–H and O–H groups in total. The van der Waals surface area contributed by atoms with E-state index in [4.69, 9.17) is 38.7 Å². The minimum absolute atomic E-state index is 0.586. The van der Waals surface area contributed by atoms with E-state index >= 15 is 0 Å². The first-order valence-corrected chi connectivity index (χ1v) is 41.1. The molecular formula is C114H72N6O2. The summed E-state index contributed by atoms with van der Waals surface area (Å²) >= 11 is 0. The van der Waals surface area contributed by atoms with Gasteiger partial charge in [-0.3, -0.25) is 0 Å². The monoisotopic (exact) mass is 1560 g/mol. The molecule has 0 saturated heterocycles. The summed E-state index contributed by atoms with van der Waals surface area (Å²) in [6.45, 7) is 0. The van der Waals surface area contributed by atoms with Crippen molar-refractivity contribution < 1.29 is 8.83 Å². The predicted octanol–water partition coefficient (Wildman–Crippen LogP) is 30.3. The lowest BCUT2D eigenvalue weighted by atomic mass is 9.91. The van der Waals surface area contributed by atoms with Crippen molar-refractivity contribution >= 4 is 76.2 Å². The number of benzene rings is 19. The molecule has 0 unspecified atom stereocenters. The van der Waals surface area contributed by atoms with Crippen LogP contribution in [0.1, 0.15) is 0 Å². The van der Waals surface area contributed by atoms with Gasteiger partial charge in [-0.2, -0.15) is 0 Å². The molecule has 0 aliphatic rings. The van der Waals surface area contributed by atoms with E-state index < -0.39 is 0 Å². The molecule has 23 aromatic rings. The Morgan fingerprint density at radius 1 is 0.107 bits per heavy atom. The fourth-order valence-electron chi connectivity index (χ4n) is 17.0. The van der Waals surface area contributed by atoms with E-state index in [2.05, 4.69) is 334 Å². The van der Waals surface area contributed by atoms with Gasteiger partial charge in [0.1, 0.15) is 22.3 Å². The smallest absolute Gasteiger partial charge is 0.164 e. The van der Waals surface area contributed by atoms with Gasteiger partial charge in [0.2, 0.25) is 0 Å². The first kappa shape index (κ1) is 72.1. The summed E-state index contributed by atoms with van der Waals surface area (Å²) in [6, 6.07) is 153. The molecule has 122 heavy (non-hydrogen) atoms. The van der Waals surface area contributed by atoms with Gasteiger partial charge in [-0.15, -0.1) is 0 Å². The molecule has 19 aromatic carbocycles. The number of aromatic nitrogens is 6. The molecule has 23 rings (SSSR count). The summed E-state index contributed by atoms with van der Waals surface area (Å²) in [4.78, 5) is 29.6. The first-order chi connectivity index (χ1) is 60.4. The summed E-state index contributed by atoms with van der Waals surface area (Å²) in [5.74, 6) is 3.74. The second-order valence-corrected chi connectivity index (χ2v) is 30.8. The molecule has 570 valence electrons. The number of rotatable bonds is 14. The van der Waals surface area contributed by atoms with Crippen LogP contribution in [0.25, 0.3) is 234 Å². The second kappa shape index (κ2) is 31.2. The van der Waals surface area contributed by atoms with Crippen molar-refractivity contribution in [2.24, 2.45) is 0 Å². The van der Waals surface area contributed by atoms with Gasteiger partial charge in [0.25, 0.3) is 0 Å². The molecule has 0 amide bonds. The van der Waals surface area contributed by atoms with Gasteiger partial charge in [-0.25, -0.2) is 29.9 Å². The summed E-state index contributed by atoms with van der Waals surface area (Å²) < 4.78 is 13.2. The summed E-state index contributed by atoms with van der Waals surface area (Å²) in [5, 5.41) is 12.0. The van der Waals surface area contributed by atoms with Gasteiger partial charge in [-0.1, -0.05) is 352 Å². The molecule has 0 fully saturated rings. The largest absolute Gasteiger partial charge is 0.456 e. The highest BCUT2D eigenvalue weighted by molar-refractivity contribution is 6.26. The normalized spacial score (nSPS) is 11.4. The summed E-state index contributed by atoms with van der Waals surface area (Å²) in [5.41, 5.74) is 27.2. The molecular weight excluding hydrogens is 1490 g/mol. The Morgan fingerprint density at radius 3 is 0.639 bits per heavy atom. The van der Waals surface area contributed by atoms with E-state index in [0.717, 1.165) is 127 Å². The van der Waals surface area contributed by atoms with E-state index in [0.29, 0.717) is 34.9 Å². The Hall–Kier alpha value is -16.4. The third-order valence-electron chi connectivity index (χ3n) is 23.2. The zero-order valence-corrected chi connectivity index (χ0v) is 66.1. The minimum atomic E-state index is 0.586. The topological polar surface area (TPSA) is 104 Å². The summed E-state index contributed by atoms with van der Waals surface area (Å²) in [6.07, 6.45) is 0. The van der Waals surface area contributed by atoms with E-state index in [1.165, 1.54) is 71.3 Å². The molecule has 0 atom stereocenters.